The maximum Gasteiger partial charge on any atom is 0.176 e. The lowest BCUT2D eigenvalue weighted by molar-refractivity contribution is -0.0667. The van der Waals surface area contributed by atoms with Crippen LogP contribution in [0, 0.1) is 0 Å². The van der Waals surface area contributed by atoms with Crippen molar-refractivity contribution in [2.24, 2.45) is 0 Å². The van der Waals surface area contributed by atoms with Gasteiger partial charge in [-0.05, 0) is 41.7 Å². The number of ether oxygens (including phenoxy) is 2. The van der Waals surface area contributed by atoms with Gasteiger partial charge >= 0.3 is 0 Å². The number of rotatable bonds is 9. The first-order valence-electron chi connectivity index (χ1n) is 9.93. The van der Waals surface area contributed by atoms with Gasteiger partial charge in [0.15, 0.2) is 6.29 Å². The predicted octanol–water partition coefficient (Wildman–Crippen LogP) is 4.74. The summed E-state index contributed by atoms with van der Waals surface area (Å²) in [6, 6.07) is 32.8. The zero-order valence-electron chi connectivity index (χ0n) is 17.1. The van der Waals surface area contributed by atoms with E-state index in [0.29, 0.717) is 0 Å². The first-order valence-corrected chi connectivity index (χ1v) is 11.8. The Labute approximate surface area is 174 Å². The van der Waals surface area contributed by atoms with Crippen LogP contribution in [0.25, 0.3) is 0 Å². The fourth-order valence-corrected chi connectivity index (χ4v) is 7.57. The van der Waals surface area contributed by atoms with Gasteiger partial charge in [0.25, 0.3) is 0 Å². The summed E-state index contributed by atoms with van der Waals surface area (Å²) in [5.41, 5.74) is 0. The molecule has 150 valence electrons. The molecule has 0 saturated heterocycles. The van der Waals surface area contributed by atoms with E-state index in [2.05, 4.69) is 103 Å². The molecule has 0 aromatic heterocycles. The summed E-state index contributed by atoms with van der Waals surface area (Å²) in [4.78, 5) is 0. The summed E-state index contributed by atoms with van der Waals surface area (Å²) in [5.74, 6) is 2.55. The second-order valence-electron chi connectivity index (χ2n) is 6.76. The zero-order chi connectivity index (χ0) is 20.4. The smallest absolute Gasteiger partial charge is 0.176 e. The van der Waals surface area contributed by atoms with Gasteiger partial charge in [0, 0.05) is 14.2 Å². The molecule has 0 amide bonds. The Morgan fingerprint density at radius 2 is 1.07 bits per heavy atom. The minimum absolute atomic E-state index is 0.285. The Hall–Kier alpha value is -2.38. The molecule has 0 aliphatic carbocycles. The van der Waals surface area contributed by atoms with Gasteiger partial charge in [0.2, 0.25) is 0 Å². The third-order valence-corrected chi connectivity index (χ3v) is 9.13. The van der Waals surface area contributed by atoms with Crippen molar-refractivity contribution in [3.8, 4) is 0 Å². The Balaban J connectivity index is 2.08. The highest BCUT2D eigenvalue weighted by Crippen LogP contribution is 2.43. The molecule has 0 heterocycles. The molecule has 0 N–H and O–H groups in total. The number of unbranched alkanes of at least 4 members (excludes halogenated alkanes) is 1. The van der Waals surface area contributed by atoms with Gasteiger partial charge in [0.1, 0.15) is 0 Å². The summed E-state index contributed by atoms with van der Waals surface area (Å²) >= 11 is 0. The predicted molar refractivity (Wildman–Crippen MR) is 127 cm³/mol. The number of hydrogen-bond donors (Lipinski definition) is 0. The summed E-state index contributed by atoms with van der Waals surface area (Å²) in [7, 11) is 3.31. The van der Waals surface area contributed by atoms with E-state index in [1.165, 1.54) is 15.9 Å². The van der Waals surface area contributed by atoms with E-state index >= 15 is 0 Å². The molecular weight excluding hydrogens is 375 g/mol. The molecule has 0 radical (unpaired) electrons. The Morgan fingerprint density at radius 3 is 1.45 bits per heavy atom. The molecule has 0 bridgehead atoms. The van der Waals surface area contributed by atoms with Crippen LogP contribution < -0.4 is 15.9 Å². The number of benzene rings is 3. The van der Waals surface area contributed by atoms with Crippen LogP contribution in [0.3, 0.4) is 0 Å². The molecule has 2 nitrogen and oxygen atoms in total. The van der Waals surface area contributed by atoms with Gasteiger partial charge in [-0.3, -0.25) is 0 Å². The summed E-state index contributed by atoms with van der Waals surface area (Å²) < 4.78 is 10.5. The molecule has 0 fully saturated rings. The topological polar surface area (TPSA) is 18.5 Å². The van der Waals surface area contributed by atoms with Crippen LogP contribution in [0.15, 0.2) is 103 Å². The van der Waals surface area contributed by atoms with Crippen molar-refractivity contribution in [1.82, 2.24) is 0 Å². The van der Waals surface area contributed by atoms with Crippen molar-refractivity contribution in [3.63, 3.8) is 0 Å². The van der Waals surface area contributed by atoms with Gasteiger partial charge in [-0.1, -0.05) is 103 Å². The molecule has 0 spiro atoms. The average Bonchev–Trinajstić information content (AvgIpc) is 2.81. The van der Waals surface area contributed by atoms with Crippen LogP contribution >= 0.6 is 6.89 Å². The molecule has 3 aromatic carbocycles. The lowest BCUT2D eigenvalue weighted by Crippen LogP contribution is -2.26. The van der Waals surface area contributed by atoms with Gasteiger partial charge in [-0.2, -0.15) is 0 Å². The normalized spacial score (nSPS) is 11.8. The van der Waals surface area contributed by atoms with Crippen molar-refractivity contribution in [2.45, 2.75) is 19.1 Å². The third-order valence-electron chi connectivity index (χ3n) is 4.98. The standard InChI is InChI=1S/C26H29O2P/c1-27-26(28-2)21-13-6-14-22-29(23-15-7-3-8-16-23,24-17-9-4-10-18-24)25-19-11-5-12-20-25/h3-5,7-13,15-22,26H,6,14H2,1-2H3/b21-13-. The van der Waals surface area contributed by atoms with E-state index < -0.39 is 6.89 Å². The minimum Gasteiger partial charge on any atom is -0.352 e. The SMILES string of the molecule is COC(/C=C\CCC=P(c1ccccc1)(c1ccccc1)c1ccccc1)OC. The van der Waals surface area contributed by atoms with E-state index in [1.807, 2.05) is 6.08 Å². The average molecular weight is 404 g/mol. The Morgan fingerprint density at radius 1 is 0.655 bits per heavy atom. The van der Waals surface area contributed by atoms with E-state index in [1.54, 1.807) is 14.2 Å². The lowest BCUT2D eigenvalue weighted by Gasteiger charge is -2.28. The highest BCUT2D eigenvalue weighted by molar-refractivity contribution is 7.94. The molecule has 0 saturated carbocycles. The largest absolute Gasteiger partial charge is 0.352 e. The molecule has 3 heteroatoms. The van der Waals surface area contributed by atoms with E-state index in [-0.39, 0.29) is 6.29 Å². The van der Waals surface area contributed by atoms with Crippen LogP contribution in [0.1, 0.15) is 12.8 Å². The number of hydrogen-bond acceptors (Lipinski definition) is 2. The molecule has 3 aromatic rings. The maximum atomic E-state index is 5.24. The van der Waals surface area contributed by atoms with Crippen LogP contribution in [0.2, 0.25) is 0 Å². The van der Waals surface area contributed by atoms with Crippen molar-refractivity contribution >= 4 is 28.6 Å². The molecule has 29 heavy (non-hydrogen) atoms. The highest BCUT2D eigenvalue weighted by Gasteiger charge is 2.24. The molecule has 0 aliphatic heterocycles. The van der Waals surface area contributed by atoms with E-state index in [9.17, 15) is 0 Å². The second-order valence-corrected chi connectivity index (χ2v) is 10.1. The van der Waals surface area contributed by atoms with Crippen molar-refractivity contribution in [3.05, 3.63) is 103 Å². The minimum atomic E-state index is -1.85. The highest BCUT2D eigenvalue weighted by atomic mass is 31.2. The van der Waals surface area contributed by atoms with Crippen LogP contribution in [-0.4, -0.2) is 26.3 Å². The summed E-state index contributed by atoms with van der Waals surface area (Å²) in [6.45, 7) is -1.85. The van der Waals surface area contributed by atoms with Crippen LogP contribution in [0.4, 0.5) is 0 Å². The van der Waals surface area contributed by atoms with Crippen LogP contribution in [-0.2, 0) is 9.47 Å². The van der Waals surface area contributed by atoms with E-state index in [0.717, 1.165) is 12.8 Å². The first-order chi connectivity index (χ1) is 14.3. The Bertz CT molecular complexity index is 827. The quantitative estimate of drug-likeness (QED) is 0.222. The van der Waals surface area contributed by atoms with Crippen molar-refractivity contribution in [1.29, 1.82) is 0 Å². The van der Waals surface area contributed by atoms with Crippen molar-refractivity contribution < 1.29 is 9.47 Å². The number of allylic oxidation sites excluding steroid dienone is 1. The van der Waals surface area contributed by atoms with Gasteiger partial charge in [-0.15, -0.1) is 0 Å². The third kappa shape index (κ3) is 5.16. The van der Waals surface area contributed by atoms with Gasteiger partial charge in [-0.25, -0.2) is 0 Å². The monoisotopic (exact) mass is 404 g/mol. The van der Waals surface area contributed by atoms with Crippen molar-refractivity contribution in [2.75, 3.05) is 14.2 Å². The molecular formula is C26H29O2P. The maximum absolute atomic E-state index is 5.24. The number of methoxy groups -OCH3 is 2. The summed E-state index contributed by atoms with van der Waals surface area (Å²) in [5, 5.41) is 4.15. The van der Waals surface area contributed by atoms with Gasteiger partial charge < -0.3 is 9.47 Å². The fourth-order valence-electron chi connectivity index (χ4n) is 3.58. The molecule has 3 rings (SSSR count). The first kappa shape index (κ1) is 21.3. The second kappa shape index (κ2) is 11.0. The molecule has 0 atom stereocenters. The van der Waals surface area contributed by atoms with Gasteiger partial charge in [0.05, 0.1) is 0 Å². The Kier molecular flexibility index (Phi) is 8.07. The van der Waals surface area contributed by atoms with E-state index in [4.69, 9.17) is 9.47 Å². The lowest BCUT2D eigenvalue weighted by atomic mass is 10.3. The van der Waals surface area contributed by atoms with Crippen LogP contribution in [0.5, 0.6) is 0 Å². The fraction of sp³-hybridized carbons (Fsp3) is 0.192. The zero-order valence-corrected chi connectivity index (χ0v) is 18.0. The molecule has 0 aliphatic rings. The molecule has 0 unspecified atom stereocenters. The summed E-state index contributed by atoms with van der Waals surface area (Å²) in [6.07, 6.45) is 5.75.